The lowest BCUT2D eigenvalue weighted by Crippen LogP contribution is -2.22. The van der Waals surface area contributed by atoms with E-state index in [9.17, 15) is 4.79 Å². The average molecular weight is 194 g/mol. The van der Waals surface area contributed by atoms with Gasteiger partial charge in [-0.05, 0) is 24.9 Å². The minimum Gasteiger partial charge on any atom is -0.298 e. The van der Waals surface area contributed by atoms with Gasteiger partial charge in [-0.3, -0.25) is 9.69 Å². The fraction of sp³-hybridized carbons (Fsp3) is 0.400. The van der Waals surface area contributed by atoms with Gasteiger partial charge in [0.05, 0.1) is 0 Å². The van der Waals surface area contributed by atoms with Gasteiger partial charge in [-0.25, -0.2) is 0 Å². The maximum absolute atomic E-state index is 11.6. The monoisotopic (exact) mass is 194 g/mol. The Bertz CT molecular complexity index is 318. The Morgan fingerprint density at radius 1 is 1.62 bits per heavy atom. The van der Waals surface area contributed by atoms with Crippen LogP contribution >= 0.6 is 11.3 Å². The van der Waals surface area contributed by atoms with E-state index in [0.29, 0.717) is 6.42 Å². The molecule has 13 heavy (non-hydrogen) atoms. The highest BCUT2D eigenvalue weighted by molar-refractivity contribution is 7.10. The van der Waals surface area contributed by atoms with Crippen LogP contribution in [0.1, 0.15) is 21.7 Å². The molecule has 0 aromatic carbocycles. The SMILES string of the molecule is [CH2]CN1CCC(=O)c2ccsc2C1. The predicted octanol–water partition coefficient (Wildman–Crippen LogP) is 1.97. The Morgan fingerprint density at radius 2 is 2.46 bits per heavy atom. The summed E-state index contributed by atoms with van der Waals surface area (Å²) in [5, 5.41) is 2.00. The number of carbonyl (C=O) groups is 1. The van der Waals surface area contributed by atoms with Crippen molar-refractivity contribution in [3.8, 4) is 0 Å². The molecule has 1 radical (unpaired) electrons. The lowest BCUT2D eigenvalue weighted by Gasteiger charge is -2.15. The zero-order valence-corrected chi connectivity index (χ0v) is 8.27. The number of ketones is 1. The molecule has 1 aromatic heterocycles. The molecule has 0 bridgehead atoms. The lowest BCUT2D eigenvalue weighted by atomic mass is 10.1. The fourth-order valence-corrected chi connectivity index (χ4v) is 2.51. The van der Waals surface area contributed by atoms with Crippen LogP contribution in [0.2, 0.25) is 0 Å². The number of nitrogens with zero attached hydrogens (tertiary/aromatic N) is 1. The highest BCUT2D eigenvalue weighted by Crippen LogP contribution is 2.23. The van der Waals surface area contributed by atoms with E-state index in [1.54, 1.807) is 11.3 Å². The molecular formula is C10H12NOS. The van der Waals surface area contributed by atoms with Crippen LogP contribution in [0, 0.1) is 6.92 Å². The summed E-state index contributed by atoms with van der Waals surface area (Å²) in [5.74, 6) is 0.284. The summed E-state index contributed by atoms with van der Waals surface area (Å²) in [6.45, 7) is 6.38. The van der Waals surface area contributed by atoms with E-state index in [-0.39, 0.29) is 5.78 Å². The first-order valence-corrected chi connectivity index (χ1v) is 5.30. The third-order valence-corrected chi connectivity index (χ3v) is 3.29. The topological polar surface area (TPSA) is 20.3 Å². The van der Waals surface area contributed by atoms with Crippen molar-refractivity contribution in [3.63, 3.8) is 0 Å². The second-order valence-electron chi connectivity index (χ2n) is 3.21. The molecule has 69 valence electrons. The maximum Gasteiger partial charge on any atom is 0.165 e. The second kappa shape index (κ2) is 3.60. The predicted molar refractivity (Wildman–Crippen MR) is 53.9 cm³/mol. The third kappa shape index (κ3) is 1.67. The van der Waals surface area contributed by atoms with Gasteiger partial charge in [0.2, 0.25) is 0 Å². The fourth-order valence-electron chi connectivity index (χ4n) is 1.58. The van der Waals surface area contributed by atoms with Crippen molar-refractivity contribution in [2.24, 2.45) is 0 Å². The van der Waals surface area contributed by atoms with Crippen molar-refractivity contribution < 1.29 is 4.79 Å². The van der Waals surface area contributed by atoms with E-state index in [0.717, 1.165) is 25.2 Å². The summed E-state index contributed by atoms with van der Waals surface area (Å²) in [4.78, 5) is 15.0. The molecule has 0 aliphatic carbocycles. The van der Waals surface area contributed by atoms with Gasteiger partial charge in [0, 0.05) is 30.0 Å². The number of fused-ring (bicyclic) bond motifs is 1. The Morgan fingerprint density at radius 3 is 3.23 bits per heavy atom. The summed E-state index contributed by atoms with van der Waals surface area (Å²) in [6, 6.07) is 1.94. The highest BCUT2D eigenvalue weighted by Gasteiger charge is 2.19. The molecule has 0 saturated carbocycles. The minimum atomic E-state index is 0.284. The summed E-state index contributed by atoms with van der Waals surface area (Å²) < 4.78 is 0. The van der Waals surface area contributed by atoms with Crippen LogP contribution in [0.3, 0.4) is 0 Å². The summed E-state index contributed by atoms with van der Waals surface area (Å²) >= 11 is 1.67. The zero-order chi connectivity index (χ0) is 9.26. The number of hydrogen-bond acceptors (Lipinski definition) is 3. The summed E-state index contributed by atoms with van der Waals surface area (Å²) in [7, 11) is 0. The quantitative estimate of drug-likeness (QED) is 0.681. The third-order valence-electron chi connectivity index (χ3n) is 2.38. The van der Waals surface area contributed by atoms with E-state index in [1.807, 2.05) is 11.4 Å². The first-order valence-electron chi connectivity index (χ1n) is 4.42. The normalized spacial score (nSPS) is 18.4. The molecule has 0 unspecified atom stereocenters. The molecule has 2 nitrogen and oxygen atoms in total. The maximum atomic E-state index is 11.6. The lowest BCUT2D eigenvalue weighted by molar-refractivity contribution is 0.0975. The molecule has 2 rings (SSSR count). The number of hydrogen-bond donors (Lipinski definition) is 0. The molecule has 3 heteroatoms. The Balaban J connectivity index is 2.30. The van der Waals surface area contributed by atoms with Gasteiger partial charge in [0.25, 0.3) is 0 Å². The van der Waals surface area contributed by atoms with Crippen LogP contribution in [0.15, 0.2) is 11.4 Å². The van der Waals surface area contributed by atoms with E-state index >= 15 is 0 Å². The van der Waals surface area contributed by atoms with Crippen molar-refractivity contribution in [1.82, 2.24) is 4.90 Å². The molecule has 0 spiro atoms. The minimum absolute atomic E-state index is 0.284. The van der Waals surface area contributed by atoms with Crippen LogP contribution in [-0.4, -0.2) is 23.8 Å². The van der Waals surface area contributed by atoms with E-state index in [1.165, 1.54) is 4.88 Å². The molecule has 2 heterocycles. The number of carbonyl (C=O) groups excluding carboxylic acids is 1. The number of Topliss-reactive ketones (excluding diaryl/α,β-unsaturated/α-hetero) is 1. The number of rotatable bonds is 1. The first-order chi connectivity index (χ1) is 6.31. The Kier molecular flexibility index (Phi) is 2.47. The Labute approximate surface area is 82.2 Å². The smallest absolute Gasteiger partial charge is 0.165 e. The van der Waals surface area contributed by atoms with E-state index < -0.39 is 0 Å². The zero-order valence-electron chi connectivity index (χ0n) is 7.45. The summed E-state index contributed by atoms with van der Waals surface area (Å²) in [5.41, 5.74) is 0.931. The van der Waals surface area contributed by atoms with Gasteiger partial charge in [-0.1, -0.05) is 0 Å². The standard InChI is InChI=1S/C10H12NOS/c1-2-11-5-3-9(12)8-4-6-13-10(8)7-11/h4,6H,1-3,5,7H2. The van der Waals surface area contributed by atoms with Crippen LogP contribution in [0.25, 0.3) is 0 Å². The van der Waals surface area contributed by atoms with E-state index in [2.05, 4.69) is 11.8 Å². The number of thiophene rings is 1. The molecule has 0 fully saturated rings. The molecule has 0 N–H and O–H groups in total. The highest BCUT2D eigenvalue weighted by atomic mass is 32.1. The van der Waals surface area contributed by atoms with Gasteiger partial charge < -0.3 is 0 Å². The first kappa shape index (κ1) is 8.91. The largest absolute Gasteiger partial charge is 0.298 e. The average Bonchev–Trinajstić information content (AvgIpc) is 2.54. The van der Waals surface area contributed by atoms with Crippen molar-refractivity contribution in [2.75, 3.05) is 13.1 Å². The van der Waals surface area contributed by atoms with Crippen LogP contribution in [-0.2, 0) is 6.54 Å². The molecule has 1 aliphatic heterocycles. The molecular weight excluding hydrogens is 182 g/mol. The van der Waals surface area contributed by atoms with Crippen molar-refractivity contribution in [2.45, 2.75) is 13.0 Å². The van der Waals surface area contributed by atoms with Gasteiger partial charge >= 0.3 is 0 Å². The molecule has 0 atom stereocenters. The molecule has 1 aliphatic rings. The van der Waals surface area contributed by atoms with Gasteiger partial charge in [0.1, 0.15) is 0 Å². The molecule has 1 aromatic rings. The van der Waals surface area contributed by atoms with Gasteiger partial charge in [0.15, 0.2) is 5.78 Å². The second-order valence-corrected chi connectivity index (χ2v) is 4.21. The van der Waals surface area contributed by atoms with Crippen molar-refractivity contribution in [1.29, 1.82) is 0 Å². The Hall–Kier alpha value is -0.670. The van der Waals surface area contributed by atoms with Gasteiger partial charge in [-0.2, -0.15) is 0 Å². The summed E-state index contributed by atoms with van der Waals surface area (Å²) in [6.07, 6.45) is 0.638. The van der Waals surface area contributed by atoms with Crippen LogP contribution in [0.4, 0.5) is 0 Å². The van der Waals surface area contributed by atoms with Crippen molar-refractivity contribution in [3.05, 3.63) is 28.8 Å². The van der Waals surface area contributed by atoms with Crippen LogP contribution < -0.4 is 0 Å². The van der Waals surface area contributed by atoms with Gasteiger partial charge in [-0.15, -0.1) is 11.3 Å². The molecule has 0 saturated heterocycles. The van der Waals surface area contributed by atoms with Crippen LogP contribution in [0.5, 0.6) is 0 Å². The van der Waals surface area contributed by atoms with E-state index in [4.69, 9.17) is 0 Å². The molecule has 0 amide bonds. The van der Waals surface area contributed by atoms with Crippen molar-refractivity contribution >= 4 is 17.1 Å².